The summed E-state index contributed by atoms with van der Waals surface area (Å²) in [5.74, 6) is -0.00495. The molecular weight excluding hydrogens is 371 g/mol. The van der Waals surface area contributed by atoms with E-state index >= 15 is 0 Å². The van der Waals surface area contributed by atoms with E-state index in [4.69, 9.17) is 32.9 Å². The third-order valence-corrected chi connectivity index (χ3v) is 5.05. The number of phenolic OH excluding ortho intramolecular Hbond substituents is 1. The van der Waals surface area contributed by atoms with Gasteiger partial charge in [0.1, 0.15) is 5.75 Å². The lowest BCUT2D eigenvalue weighted by Crippen LogP contribution is -2.42. The van der Waals surface area contributed by atoms with E-state index in [-0.39, 0.29) is 22.9 Å². The Kier molecular flexibility index (Phi) is 6.54. The molecule has 2 aromatic carbocycles. The van der Waals surface area contributed by atoms with Gasteiger partial charge in [0.05, 0.1) is 30.3 Å². The van der Waals surface area contributed by atoms with Crippen LogP contribution in [0, 0.1) is 0 Å². The van der Waals surface area contributed by atoms with Crippen molar-refractivity contribution in [2.24, 2.45) is 4.99 Å². The van der Waals surface area contributed by atoms with Crippen molar-refractivity contribution in [3.8, 4) is 5.75 Å². The Balaban J connectivity index is 1.87. The van der Waals surface area contributed by atoms with Crippen molar-refractivity contribution in [3.63, 3.8) is 0 Å². The Morgan fingerprint density at radius 3 is 2.54 bits per heavy atom. The Labute approximate surface area is 164 Å². The molecule has 0 unspecified atom stereocenters. The van der Waals surface area contributed by atoms with Gasteiger partial charge in [0.25, 0.3) is 0 Å². The fourth-order valence-electron chi connectivity index (χ4n) is 3.26. The number of rotatable bonds is 5. The monoisotopic (exact) mass is 392 g/mol. The minimum Gasteiger partial charge on any atom is -0.506 e. The molecule has 0 aromatic heterocycles. The number of morpholine rings is 1. The van der Waals surface area contributed by atoms with Gasteiger partial charge < -0.3 is 9.84 Å². The lowest BCUT2D eigenvalue weighted by atomic mass is 9.98. The number of phenols is 1. The quantitative estimate of drug-likeness (QED) is 0.757. The molecule has 0 aliphatic carbocycles. The second kappa shape index (κ2) is 8.87. The molecule has 1 aliphatic heterocycles. The molecule has 0 bridgehead atoms. The first-order chi connectivity index (χ1) is 12.6. The van der Waals surface area contributed by atoms with Gasteiger partial charge >= 0.3 is 0 Å². The van der Waals surface area contributed by atoms with Crippen LogP contribution < -0.4 is 0 Å². The average molecular weight is 393 g/mol. The lowest BCUT2D eigenvalue weighted by Gasteiger charge is -2.37. The summed E-state index contributed by atoms with van der Waals surface area (Å²) in [4.78, 5) is 7.10. The number of hydrogen-bond acceptors (Lipinski definition) is 4. The molecule has 2 atom stereocenters. The van der Waals surface area contributed by atoms with Crippen LogP contribution in [0.25, 0.3) is 0 Å². The van der Waals surface area contributed by atoms with E-state index in [1.807, 2.05) is 18.2 Å². The first-order valence-electron chi connectivity index (χ1n) is 8.64. The molecule has 1 heterocycles. The number of ether oxygens (including phenoxy) is 1. The second-order valence-electron chi connectivity index (χ2n) is 6.35. The molecule has 1 saturated heterocycles. The van der Waals surface area contributed by atoms with E-state index in [0.717, 1.165) is 26.3 Å². The van der Waals surface area contributed by atoms with E-state index in [0.29, 0.717) is 10.6 Å². The normalized spacial score (nSPS) is 18.1. The summed E-state index contributed by atoms with van der Waals surface area (Å²) >= 11 is 12.0. The summed E-state index contributed by atoms with van der Waals surface area (Å²) in [6.45, 7) is 5.27. The molecule has 4 nitrogen and oxygen atoms in total. The van der Waals surface area contributed by atoms with Crippen molar-refractivity contribution in [1.82, 2.24) is 4.90 Å². The second-order valence-corrected chi connectivity index (χ2v) is 7.19. The van der Waals surface area contributed by atoms with Crippen molar-refractivity contribution in [1.29, 1.82) is 0 Å². The summed E-state index contributed by atoms with van der Waals surface area (Å²) in [5, 5.41) is 10.8. The number of hydrogen-bond donors (Lipinski definition) is 1. The van der Waals surface area contributed by atoms with Gasteiger partial charge in [-0.1, -0.05) is 53.5 Å². The van der Waals surface area contributed by atoms with Crippen molar-refractivity contribution in [3.05, 3.63) is 63.6 Å². The number of nitrogens with zero attached hydrogens (tertiary/aromatic N) is 2. The molecule has 1 fully saturated rings. The zero-order valence-electron chi connectivity index (χ0n) is 14.6. The lowest BCUT2D eigenvalue weighted by molar-refractivity contribution is 0.0119. The molecule has 0 amide bonds. The zero-order chi connectivity index (χ0) is 18.5. The van der Waals surface area contributed by atoms with Crippen LogP contribution >= 0.6 is 23.2 Å². The van der Waals surface area contributed by atoms with Crippen LogP contribution in [0.1, 0.15) is 24.1 Å². The summed E-state index contributed by atoms with van der Waals surface area (Å²) in [6.07, 6.45) is 1.65. The van der Waals surface area contributed by atoms with Crippen molar-refractivity contribution in [2.75, 3.05) is 26.3 Å². The van der Waals surface area contributed by atoms with Crippen molar-refractivity contribution < 1.29 is 9.84 Å². The maximum absolute atomic E-state index is 10.1. The van der Waals surface area contributed by atoms with E-state index in [1.54, 1.807) is 12.3 Å². The van der Waals surface area contributed by atoms with Crippen LogP contribution in [0.3, 0.4) is 0 Å². The molecule has 1 aliphatic rings. The highest BCUT2D eigenvalue weighted by Crippen LogP contribution is 2.31. The summed E-state index contributed by atoms with van der Waals surface area (Å²) in [6, 6.07) is 13.6. The van der Waals surface area contributed by atoms with Crippen molar-refractivity contribution >= 4 is 29.4 Å². The Bertz CT molecular complexity index is 762. The minimum absolute atomic E-state index is 0.00495. The first kappa shape index (κ1) is 19.2. The topological polar surface area (TPSA) is 45.1 Å². The molecule has 138 valence electrons. The summed E-state index contributed by atoms with van der Waals surface area (Å²) in [5.41, 5.74) is 1.73. The minimum atomic E-state index is -0.0207. The van der Waals surface area contributed by atoms with Gasteiger partial charge in [-0.2, -0.15) is 0 Å². The van der Waals surface area contributed by atoms with Crippen LogP contribution in [0.4, 0.5) is 0 Å². The molecule has 2 aromatic rings. The predicted octanol–water partition coefficient (Wildman–Crippen LogP) is 4.58. The van der Waals surface area contributed by atoms with Gasteiger partial charge in [0.2, 0.25) is 0 Å². The maximum Gasteiger partial charge on any atom is 0.143 e. The largest absolute Gasteiger partial charge is 0.506 e. The molecule has 6 heteroatoms. The number of aliphatic imine (C=N–C) groups is 1. The molecule has 0 spiro atoms. The molecule has 0 radical (unpaired) electrons. The highest BCUT2D eigenvalue weighted by Gasteiger charge is 2.27. The SMILES string of the molecule is C[C@@H](N=Cc1cc(Cl)cc(Cl)c1O)[C@H](c1ccccc1)N1CCOCC1. The third-order valence-electron chi connectivity index (χ3n) is 4.54. The van der Waals surface area contributed by atoms with Crippen molar-refractivity contribution in [2.45, 2.75) is 19.0 Å². The Morgan fingerprint density at radius 2 is 1.85 bits per heavy atom. The van der Waals surface area contributed by atoms with Gasteiger partial charge in [-0.25, -0.2) is 0 Å². The highest BCUT2D eigenvalue weighted by molar-refractivity contribution is 6.36. The summed E-state index contributed by atoms with van der Waals surface area (Å²) in [7, 11) is 0. The molecule has 0 saturated carbocycles. The van der Waals surface area contributed by atoms with Gasteiger partial charge in [-0.3, -0.25) is 9.89 Å². The van der Waals surface area contributed by atoms with Crippen LogP contribution in [-0.4, -0.2) is 48.6 Å². The fraction of sp³-hybridized carbons (Fsp3) is 0.350. The highest BCUT2D eigenvalue weighted by atomic mass is 35.5. The third kappa shape index (κ3) is 4.57. The van der Waals surface area contributed by atoms with Gasteiger partial charge in [-0.05, 0) is 24.6 Å². The molecule has 26 heavy (non-hydrogen) atoms. The van der Waals surface area contributed by atoms with Crippen LogP contribution in [-0.2, 0) is 4.74 Å². The number of halogens is 2. The predicted molar refractivity (Wildman–Crippen MR) is 107 cm³/mol. The van der Waals surface area contributed by atoms with Gasteiger partial charge in [0, 0.05) is 29.9 Å². The maximum atomic E-state index is 10.1. The zero-order valence-corrected chi connectivity index (χ0v) is 16.1. The van der Waals surface area contributed by atoms with E-state index in [2.05, 4.69) is 24.0 Å². The van der Waals surface area contributed by atoms with E-state index in [1.165, 1.54) is 11.6 Å². The molecular formula is C20H22Cl2N2O2. The number of aromatic hydroxyl groups is 1. The van der Waals surface area contributed by atoms with Gasteiger partial charge in [0.15, 0.2) is 0 Å². The average Bonchev–Trinajstić information content (AvgIpc) is 2.65. The van der Waals surface area contributed by atoms with E-state index < -0.39 is 0 Å². The van der Waals surface area contributed by atoms with Gasteiger partial charge in [-0.15, -0.1) is 0 Å². The smallest absolute Gasteiger partial charge is 0.143 e. The fourth-order valence-corrected chi connectivity index (χ4v) is 3.77. The molecule has 3 rings (SSSR count). The van der Waals surface area contributed by atoms with Crippen LogP contribution in [0.15, 0.2) is 47.5 Å². The van der Waals surface area contributed by atoms with Crippen LogP contribution in [0.5, 0.6) is 5.75 Å². The first-order valence-corrected chi connectivity index (χ1v) is 9.40. The van der Waals surface area contributed by atoms with Crippen LogP contribution in [0.2, 0.25) is 10.0 Å². The standard InChI is InChI=1S/C20H22Cl2N2O2/c1-14(23-13-16-11-17(21)12-18(22)20(16)25)19(15-5-3-2-4-6-15)24-7-9-26-10-8-24/h2-6,11-14,19,25H,7-10H2,1H3/t14-,19-/m1/s1. The number of benzene rings is 2. The molecule has 1 N–H and O–H groups in total. The summed E-state index contributed by atoms with van der Waals surface area (Å²) < 4.78 is 5.49. The Morgan fingerprint density at radius 1 is 1.15 bits per heavy atom. The Hall–Kier alpha value is -1.59. The van der Waals surface area contributed by atoms with E-state index in [9.17, 15) is 5.11 Å².